The van der Waals surface area contributed by atoms with E-state index in [4.69, 9.17) is 4.74 Å². The summed E-state index contributed by atoms with van der Waals surface area (Å²) in [6, 6.07) is 2.36. The summed E-state index contributed by atoms with van der Waals surface area (Å²) < 4.78 is 4.93. The van der Waals surface area contributed by atoms with Crippen molar-refractivity contribution < 1.29 is 4.74 Å². The predicted molar refractivity (Wildman–Crippen MR) is 46.1 cm³/mol. The molecule has 1 N–H and O–H groups in total. The molecule has 4 nitrogen and oxygen atoms in total. The Kier molecular flexibility index (Phi) is 2.99. The highest BCUT2D eigenvalue weighted by molar-refractivity contribution is 5.12. The predicted octanol–water partition coefficient (Wildman–Crippen LogP) is 0.513. The van der Waals surface area contributed by atoms with Crippen LogP contribution in [0.15, 0.2) is 6.07 Å². The molecule has 4 heteroatoms. The second-order valence-electron chi connectivity index (χ2n) is 2.52. The van der Waals surface area contributed by atoms with Gasteiger partial charge in [0.1, 0.15) is 0 Å². The normalized spacial score (nSPS) is 9.92. The first-order valence-corrected chi connectivity index (χ1v) is 3.79. The zero-order valence-electron chi connectivity index (χ0n) is 7.59. The Bertz CT molecular complexity index is 262. The van der Waals surface area contributed by atoms with Gasteiger partial charge in [0, 0.05) is 12.2 Å². The summed E-state index contributed by atoms with van der Waals surface area (Å²) in [5.41, 5.74) is 1.87. The molecule has 1 heterocycles. The summed E-state index contributed by atoms with van der Waals surface area (Å²) in [5.74, 6) is 0. The third kappa shape index (κ3) is 2.17. The number of hydrogen-bond donors (Lipinski definition) is 1. The van der Waals surface area contributed by atoms with Crippen LogP contribution < -0.4 is 10.1 Å². The van der Waals surface area contributed by atoms with Gasteiger partial charge in [-0.2, -0.15) is 4.98 Å². The van der Waals surface area contributed by atoms with Crippen molar-refractivity contribution in [2.45, 2.75) is 13.5 Å². The monoisotopic (exact) mass is 167 g/mol. The zero-order valence-corrected chi connectivity index (χ0v) is 7.59. The van der Waals surface area contributed by atoms with Crippen LogP contribution in [0.2, 0.25) is 0 Å². The van der Waals surface area contributed by atoms with E-state index in [1.807, 2.05) is 20.0 Å². The molecule has 0 fully saturated rings. The minimum atomic E-state index is 0.431. The zero-order chi connectivity index (χ0) is 8.97. The number of nitrogens with zero attached hydrogens (tertiary/aromatic N) is 2. The number of rotatable bonds is 3. The van der Waals surface area contributed by atoms with Crippen LogP contribution in [-0.2, 0) is 6.54 Å². The van der Waals surface area contributed by atoms with E-state index in [2.05, 4.69) is 15.3 Å². The fraction of sp³-hybridized carbons (Fsp3) is 0.500. The minimum Gasteiger partial charge on any atom is -0.467 e. The van der Waals surface area contributed by atoms with Crippen LogP contribution in [-0.4, -0.2) is 24.1 Å². The number of aromatic nitrogens is 2. The molecule has 0 bridgehead atoms. The Balaban J connectivity index is 2.90. The highest BCUT2D eigenvalue weighted by Gasteiger charge is 1.99. The van der Waals surface area contributed by atoms with Crippen LogP contribution >= 0.6 is 0 Å². The van der Waals surface area contributed by atoms with E-state index >= 15 is 0 Å². The van der Waals surface area contributed by atoms with Gasteiger partial charge in [-0.05, 0) is 20.0 Å². The van der Waals surface area contributed by atoms with Crippen molar-refractivity contribution in [2.75, 3.05) is 14.2 Å². The number of hydrogen-bond acceptors (Lipinski definition) is 4. The van der Waals surface area contributed by atoms with Crippen molar-refractivity contribution in [3.8, 4) is 6.01 Å². The molecule has 0 aromatic carbocycles. The second kappa shape index (κ2) is 4.01. The standard InChI is InChI=1S/C8H13N3O/c1-6-4-7(5-9-2)11-8(10-6)12-3/h4,9H,5H2,1-3H3. The van der Waals surface area contributed by atoms with Crippen molar-refractivity contribution in [1.29, 1.82) is 0 Å². The molecule has 0 saturated heterocycles. The molecule has 0 aliphatic rings. The molecule has 0 atom stereocenters. The summed E-state index contributed by atoms with van der Waals surface area (Å²) >= 11 is 0. The molecule has 0 amide bonds. The fourth-order valence-electron chi connectivity index (χ4n) is 0.967. The van der Waals surface area contributed by atoms with Gasteiger partial charge in [-0.25, -0.2) is 4.98 Å². The van der Waals surface area contributed by atoms with E-state index in [0.29, 0.717) is 6.01 Å². The van der Waals surface area contributed by atoms with Crippen LogP contribution in [0.3, 0.4) is 0 Å². The molecule has 0 radical (unpaired) electrons. The van der Waals surface area contributed by atoms with E-state index < -0.39 is 0 Å². The first kappa shape index (κ1) is 8.93. The molecule has 0 aliphatic heterocycles. The third-order valence-corrected chi connectivity index (χ3v) is 1.43. The highest BCUT2D eigenvalue weighted by atomic mass is 16.5. The van der Waals surface area contributed by atoms with Gasteiger partial charge < -0.3 is 10.1 Å². The maximum Gasteiger partial charge on any atom is 0.316 e. The van der Waals surface area contributed by atoms with Crippen molar-refractivity contribution in [3.63, 3.8) is 0 Å². The molecular weight excluding hydrogens is 154 g/mol. The lowest BCUT2D eigenvalue weighted by molar-refractivity contribution is 0.376. The molecule has 1 aromatic heterocycles. The number of nitrogens with one attached hydrogen (secondary N) is 1. The van der Waals surface area contributed by atoms with Gasteiger partial charge in [0.15, 0.2) is 0 Å². The lowest BCUT2D eigenvalue weighted by atomic mass is 10.3. The summed E-state index contributed by atoms with van der Waals surface area (Å²) in [6.07, 6.45) is 0. The molecule has 12 heavy (non-hydrogen) atoms. The van der Waals surface area contributed by atoms with Crippen LogP contribution in [0.1, 0.15) is 11.4 Å². The molecule has 0 unspecified atom stereocenters. The number of ether oxygens (including phenoxy) is 1. The fourth-order valence-corrected chi connectivity index (χ4v) is 0.967. The minimum absolute atomic E-state index is 0.431. The average Bonchev–Trinajstić information content (AvgIpc) is 2.04. The Morgan fingerprint density at radius 3 is 2.83 bits per heavy atom. The Labute approximate surface area is 72.0 Å². The van der Waals surface area contributed by atoms with E-state index in [9.17, 15) is 0 Å². The van der Waals surface area contributed by atoms with E-state index in [0.717, 1.165) is 17.9 Å². The molecule has 1 rings (SSSR count). The number of aryl methyl sites for hydroxylation is 1. The van der Waals surface area contributed by atoms with Gasteiger partial charge in [-0.3, -0.25) is 0 Å². The van der Waals surface area contributed by atoms with Crippen molar-refractivity contribution in [3.05, 3.63) is 17.5 Å². The van der Waals surface area contributed by atoms with Gasteiger partial charge in [0.2, 0.25) is 0 Å². The average molecular weight is 167 g/mol. The smallest absolute Gasteiger partial charge is 0.316 e. The van der Waals surface area contributed by atoms with E-state index in [1.165, 1.54) is 0 Å². The highest BCUT2D eigenvalue weighted by Crippen LogP contribution is 2.05. The molecule has 1 aromatic rings. The SMILES string of the molecule is CNCc1cc(C)nc(OC)n1. The first-order chi connectivity index (χ1) is 5.76. The van der Waals surface area contributed by atoms with Crippen molar-refractivity contribution >= 4 is 0 Å². The van der Waals surface area contributed by atoms with E-state index in [-0.39, 0.29) is 0 Å². The topological polar surface area (TPSA) is 47.0 Å². The Morgan fingerprint density at radius 2 is 2.25 bits per heavy atom. The maximum absolute atomic E-state index is 4.93. The van der Waals surface area contributed by atoms with Gasteiger partial charge in [-0.1, -0.05) is 0 Å². The summed E-state index contributed by atoms with van der Waals surface area (Å²) in [5, 5.41) is 3.02. The maximum atomic E-state index is 4.93. The summed E-state index contributed by atoms with van der Waals surface area (Å²) in [4.78, 5) is 8.22. The first-order valence-electron chi connectivity index (χ1n) is 3.79. The Morgan fingerprint density at radius 1 is 1.50 bits per heavy atom. The third-order valence-electron chi connectivity index (χ3n) is 1.43. The van der Waals surface area contributed by atoms with Crippen LogP contribution in [0.25, 0.3) is 0 Å². The molecule has 66 valence electrons. The van der Waals surface area contributed by atoms with Crippen molar-refractivity contribution in [2.24, 2.45) is 0 Å². The lowest BCUT2D eigenvalue weighted by Crippen LogP contribution is -2.08. The van der Waals surface area contributed by atoms with Gasteiger partial charge in [-0.15, -0.1) is 0 Å². The van der Waals surface area contributed by atoms with Crippen molar-refractivity contribution in [1.82, 2.24) is 15.3 Å². The molecule has 0 saturated carbocycles. The summed E-state index contributed by atoms with van der Waals surface area (Å²) in [6.45, 7) is 2.66. The Hall–Kier alpha value is -1.16. The molecular formula is C8H13N3O. The van der Waals surface area contributed by atoms with E-state index in [1.54, 1.807) is 7.11 Å². The van der Waals surface area contributed by atoms with Gasteiger partial charge in [0.05, 0.1) is 12.8 Å². The number of methoxy groups -OCH3 is 1. The van der Waals surface area contributed by atoms with Crippen LogP contribution in [0, 0.1) is 6.92 Å². The summed E-state index contributed by atoms with van der Waals surface area (Å²) in [7, 11) is 3.45. The second-order valence-corrected chi connectivity index (χ2v) is 2.52. The largest absolute Gasteiger partial charge is 0.467 e. The van der Waals surface area contributed by atoms with Gasteiger partial charge in [0.25, 0.3) is 0 Å². The quantitative estimate of drug-likeness (QED) is 0.712. The lowest BCUT2D eigenvalue weighted by Gasteiger charge is -2.03. The van der Waals surface area contributed by atoms with Crippen LogP contribution in [0.4, 0.5) is 0 Å². The molecule has 0 spiro atoms. The van der Waals surface area contributed by atoms with Gasteiger partial charge >= 0.3 is 6.01 Å². The van der Waals surface area contributed by atoms with Crippen LogP contribution in [0.5, 0.6) is 6.01 Å². The molecule has 0 aliphatic carbocycles.